The minimum atomic E-state index is 0.488. The lowest BCUT2D eigenvalue weighted by atomic mass is 10.1. The number of anilines is 1. The number of halogens is 2. The van der Waals surface area contributed by atoms with Crippen LogP contribution < -0.4 is 5.43 Å². The highest BCUT2D eigenvalue weighted by Crippen LogP contribution is 2.23. The number of hydrazone groups is 1. The average Bonchev–Trinajstić information content (AvgIpc) is 3.02. The summed E-state index contributed by atoms with van der Waals surface area (Å²) in [6.07, 6.45) is 5.11. The van der Waals surface area contributed by atoms with E-state index in [1.165, 1.54) is 6.33 Å². The maximum absolute atomic E-state index is 6.03. The molecule has 1 aromatic carbocycles. The molecule has 122 valence electrons. The normalized spacial score (nSPS) is 11.6. The van der Waals surface area contributed by atoms with Gasteiger partial charge in [0.25, 0.3) is 0 Å². The van der Waals surface area contributed by atoms with Gasteiger partial charge < -0.3 is 0 Å². The minimum Gasteiger partial charge on any atom is -0.261 e. The van der Waals surface area contributed by atoms with Crippen molar-refractivity contribution in [2.24, 2.45) is 5.10 Å². The number of rotatable bonds is 4. The second-order valence-corrected chi connectivity index (χ2v) is 5.98. The Bertz CT molecular complexity index is 903. The molecule has 1 N–H and O–H groups in total. The summed E-state index contributed by atoms with van der Waals surface area (Å²) < 4.78 is 1.68. The molecule has 0 fully saturated rings. The van der Waals surface area contributed by atoms with E-state index < -0.39 is 0 Å². The smallest absolute Gasteiger partial charge is 0.158 e. The summed E-state index contributed by atoms with van der Waals surface area (Å²) >= 11 is 12.0. The molecule has 8 heteroatoms. The first-order chi connectivity index (χ1) is 11.5. The van der Waals surface area contributed by atoms with Gasteiger partial charge in [-0.1, -0.05) is 29.3 Å². The van der Waals surface area contributed by atoms with E-state index in [4.69, 9.17) is 23.2 Å². The van der Waals surface area contributed by atoms with E-state index in [1.54, 1.807) is 29.1 Å². The first-order valence-corrected chi connectivity index (χ1v) is 7.88. The third kappa shape index (κ3) is 3.72. The molecule has 0 aliphatic heterocycles. The molecule has 24 heavy (non-hydrogen) atoms. The summed E-state index contributed by atoms with van der Waals surface area (Å²) in [6, 6.07) is 7.12. The van der Waals surface area contributed by atoms with Crippen LogP contribution in [0.3, 0.4) is 0 Å². The highest BCUT2D eigenvalue weighted by Gasteiger charge is 2.04. The molecule has 0 spiro atoms. The fourth-order valence-corrected chi connectivity index (χ4v) is 2.30. The highest BCUT2D eigenvalue weighted by atomic mass is 35.5. The Morgan fingerprint density at radius 2 is 2.00 bits per heavy atom. The quantitative estimate of drug-likeness (QED) is 0.561. The molecule has 0 saturated carbocycles. The number of aromatic nitrogens is 4. The molecule has 3 aromatic rings. The zero-order valence-electron chi connectivity index (χ0n) is 13.0. The second-order valence-electron chi connectivity index (χ2n) is 5.16. The van der Waals surface area contributed by atoms with Gasteiger partial charge in [0, 0.05) is 12.3 Å². The van der Waals surface area contributed by atoms with Gasteiger partial charge in [0.2, 0.25) is 0 Å². The fraction of sp³-hybridized carbons (Fsp3) is 0.125. The molecule has 0 radical (unpaired) electrons. The van der Waals surface area contributed by atoms with E-state index in [-0.39, 0.29) is 0 Å². The summed E-state index contributed by atoms with van der Waals surface area (Å²) in [5.74, 6) is 1.22. The summed E-state index contributed by atoms with van der Waals surface area (Å²) in [4.78, 5) is 8.35. The molecule has 2 aromatic heterocycles. The number of aryl methyl sites for hydroxylation is 1. The molecule has 6 nitrogen and oxygen atoms in total. The molecule has 3 rings (SSSR count). The lowest BCUT2D eigenvalue weighted by Crippen LogP contribution is -2.03. The van der Waals surface area contributed by atoms with Crippen molar-refractivity contribution in [2.75, 3.05) is 5.43 Å². The van der Waals surface area contributed by atoms with Crippen molar-refractivity contribution in [3.05, 3.63) is 64.2 Å². The van der Waals surface area contributed by atoms with E-state index in [1.807, 2.05) is 26.1 Å². The van der Waals surface area contributed by atoms with Gasteiger partial charge in [0.05, 0.1) is 22.0 Å². The van der Waals surface area contributed by atoms with Crippen molar-refractivity contribution in [2.45, 2.75) is 13.8 Å². The van der Waals surface area contributed by atoms with Gasteiger partial charge in [0.1, 0.15) is 6.33 Å². The van der Waals surface area contributed by atoms with E-state index in [0.29, 0.717) is 21.7 Å². The Balaban J connectivity index is 1.79. The number of nitrogens with one attached hydrogen (secondary N) is 1. The van der Waals surface area contributed by atoms with Crippen LogP contribution in [0.25, 0.3) is 5.82 Å². The largest absolute Gasteiger partial charge is 0.261 e. The van der Waals surface area contributed by atoms with Gasteiger partial charge in [-0.25, -0.2) is 14.6 Å². The van der Waals surface area contributed by atoms with E-state index in [0.717, 1.165) is 16.8 Å². The maximum Gasteiger partial charge on any atom is 0.158 e. The molecule has 0 aliphatic carbocycles. The third-order valence-electron chi connectivity index (χ3n) is 3.27. The lowest BCUT2D eigenvalue weighted by Gasteiger charge is -2.05. The molecular weight excluding hydrogens is 347 g/mol. The van der Waals surface area contributed by atoms with Crippen LogP contribution in [-0.2, 0) is 0 Å². The van der Waals surface area contributed by atoms with Crippen molar-refractivity contribution in [3.8, 4) is 5.82 Å². The van der Waals surface area contributed by atoms with Crippen molar-refractivity contribution >= 4 is 34.7 Å². The van der Waals surface area contributed by atoms with Crippen LogP contribution in [0.1, 0.15) is 18.1 Å². The monoisotopic (exact) mass is 360 g/mol. The Morgan fingerprint density at radius 1 is 1.17 bits per heavy atom. The Hall–Kier alpha value is -2.44. The Morgan fingerprint density at radius 3 is 2.71 bits per heavy atom. The highest BCUT2D eigenvalue weighted by molar-refractivity contribution is 6.42. The van der Waals surface area contributed by atoms with Crippen LogP contribution in [0.4, 0.5) is 5.82 Å². The first kappa shape index (κ1) is 16.4. The van der Waals surface area contributed by atoms with Crippen LogP contribution in [0.5, 0.6) is 0 Å². The Labute approximate surface area is 149 Å². The summed E-state index contributed by atoms with van der Waals surface area (Å²) in [6.45, 7) is 3.83. The van der Waals surface area contributed by atoms with Gasteiger partial charge in [-0.05, 0) is 37.1 Å². The van der Waals surface area contributed by atoms with Gasteiger partial charge in [0.15, 0.2) is 11.6 Å². The predicted molar refractivity (Wildman–Crippen MR) is 96.2 cm³/mol. The average molecular weight is 361 g/mol. The van der Waals surface area contributed by atoms with Gasteiger partial charge >= 0.3 is 0 Å². The standard InChI is InChI=1S/C16H14Cl2N6/c1-10-7-21-24(8-10)16-6-15(19-9-20-16)23-22-11(2)12-3-4-13(17)14(18)5-12/h3-9H,1-2H3,(H,19,20,23)/b22-11+. The molecule has 0 aliphatic rings. The summed E-state index contributed by atoms with van der Waals surface area (Å²) in [5, 5.41) is 9.54. The lowest BCUT2D eigenvalue weighted by molar-refractivity contribution is 0.839. The van der Waals surface area contributed by atoms with Crippen molar-refractivity contribution in [1.29, 1.82) is 0 Å². The van der Waals surface area contributed by atoms with Crippen LogP contribution in [0, 0.1) is 6.92 Å². The molecule has 0 bridgehead atoms. The summed E-state index contributed by atoms with van der Waals surface area (Å²) in [5.41, 5.74) is 5.59. The molecule has 0 atom stereocenters. The van der Waals surface area contributed by atoms with Crippen molar-refractivity contribution in [3.63, 3.8) is 0 Å². The van der Waals surface area contributed by atoms with E-state index >= 15 is 0 Å². The third-order valence-corrected chi connectivity index (χ3v) is 4.01. The Kier molecular flexibility index (Phi) is 4.78. The number of hydrogen-bond acceptors (Lipinski definition) is 5. The van der Waals surface area contributed by atoms with Crippen LogP contribution in [0.15, 0.2) is 48.1 Å². The number of nitrogens with zero attached hydrogens (tertiary/aromatic N) is 5. The molecule has 2 heterocycles. The summed E-state index contributed by atoms with van der Waals surface area (Å²) in [7, 11) is 0. The van der Waals surface area contributed by atoms with Crippen LogP contribution in [-0.4, -0.2) is 25.5 Å². The van der Waals surface area contributed by atoms with Gasteiger partial charge in [-0.2, -0.15) is 10.2 Å². The number of benzene rings is 1. The predicted octanol–water partition coefficient (Wildman–Crippen LogP) is 4.11. The molecular formula is C16H14Cl2N6. The zero-order chi connectivity index (χ0) is 17.1. The molecule has 0 unspecified atom stereocenters. The molecule has 0 saturated heterocycles. The maximum atomic E-state index is 6.03. The first-order valence-electron chi connectivity index (χ1n) is 7.12. The van der Waals surface area contributed by atoms with Crippen molar-refractivity contribution < 1.29 is 0 Å². The van der Waals surface area contributed by atoms with Gasteiger partial charge in [-0.15, -0.1) is 0 Å². The van der Waals surface area contributed by atoms with Crippen LogP contribution in [0.2, 0.25) is 10.0 Å². The minimum absolute atomic E-state index is 0.488. The fourth-order valence-electron chi connectivity index (χ4n) is 2.00. The van der Waals surface area contributed by atoms with Crippen molar-refractivity contribution in [1.82, 2.24) is 19.7 Å². The van der Waals surface area contributed by atoms with E-state index in [2.05, 4.69) is 25.6 Å². The zero-order valence-corrected chi connectivity index (χ0v) is 14.5. The topological polar surface area (TPSA) is 68.0 Å². The molecule has 0 amide bonds. The van der Waals surface area contributed by atoms with Gasteiger partial charge in [-0.3, -0.25) is 5.43 Å². The number of hydrogen-bond donors (Lipinski definition) is 1. The SMILES string of the molecule is C/C(=N\Nc1cc(-n2cc(C)cn2)ncn1)c1ccc(Cl)c(Cl)c1. The van der Waals surface area contributed by atoms with Crippen LogP contribution >= 0.6 is 23.2 Å². The van der Waals surface area contributed by atoms with E-state index in [9.17, 15) is 0 Å². The second kappa shape index (κ2) is 6.98.